The molecule has 2 saturated heterocycles. The van der Waals surface area contributed by atoms with E-state index < -0.39 is 74.3 Å². The largest absolute Gasteiger partial charge is 0.394 e. The van der Waals surface area contributed by atoms with Crippen LogP contribution in [0.5, 0.6) is 0 Å². The Morgan fingerprint density at radius 3 is 1.31 bits per heavy atom. The van der Waals surface area contributed by atoms with E-state index in [1.54, 1.807) is 24.3 Å². The molecule has 0 aromatic heterocycles. The molecule has 2 aromatic carbocycles. The van der Waals surface area contributed by atoms with Gasteiger partial charge in [-0.2, -0.15) is 0 Å². The van der Waals surface area contributed by atoms with Gasteiger partial charge in [-0.3, -0.25) is 0 Å². The van der Waals surface area contributed by atoms with Crippen LogP contribution in [0, 0.1) is 23.7 Å². The quantitative estimate of drug-likeness (QED) is 0.201. The first-order chi connectivity index (χ1) is 17.3. The fraction of sp³-hybridized carbons (Fsp3) is 0.462. The van der Waals surface area contributed by atoms with Gasteiger partial charge in [0.1, 0.15) is 61.0 Å². The summed E-state index contributed by atoms with van der Waals surface area (Å²) in [6.45, 7) is -1.10. The van der Waals surface area contributed by atoms with Crippen LogP contribution < -0.4 is 0 Å². The number of fused-ring (bicyclic) bond motifs is 1. The van der Waals surface area contributed by atoms with Crippen molar-refractivity contribution in [3.05, 3.63) is 47.5 Å². The van der Waals surface area contributed by atoms with E-state index >= 15 is 0 Å². The summed E-state index contributed by atoms with van der Waals surface area (Å²) >= 11 is 0. The van der Waals surface area contributed by atoms with E-state index in [4.69, 9.17) is 9.47 Å². The average molecular weight is 501 g/mol. The zero-order valence-electron chi connectivity index (χ0n) is 19.0. The average Bonchev–Trinajstić information content (AvgIpc) is 2.90. The lowest BCUT2D eigenvalue weighted by Crippen LogP contribution is -2.58. The molecular weight excluding hydrogens is 472 g/mol. The van der Waals surface area contributed by atoms with Gasteiger partial charge in [0.25, 0.3) is 0 Å². The molecule has 2 aromatic rings. The highest BCUT2D eigenvalue weighted by Crippen LogP contribution is 2.25. The summed E-state index contributed by atoms with van der Waals surface area (Å²) < 4.78 is 10.9. The lowest BCUT2D eigenvalue weighted by molar-refractivity contribution is -0.214. The minimum atomic E-state index is -1.52. The summed E-state index contributed by atoms with van der Waals surface area (Å²) in [7, 11) is 0. The van der Waals surface area contributed by atoms with E-state index in [-0.39, 0.29) is 0 Å². The van der Waals surface area contributed by atoms with E-state index in [2.05, 4.69) is 23.7 Å². The smallest absolute Gasteiger partial charge is 0.147 e. The molecular formula is C26H28O10. The Balaban J connectivity index is 1.63. The molecule has 0 aliphatic carbocycles. The lowest BCUT2D eigenvalue weighted by Gasteiger charge is -2.37. The Morgan fingerprint density at radius 1 is 0.556 bits per heavy atom. The molecule has 0 spiro atoms. The van der Waals surface area contributed by atoms with Gasteiger partial charge in [-0.1, -0.05) is 47.9 Å². The molecule has 8 N–H and O–H groups in total. The maximum Gasteiger partial charge on any atom is 0.147 e. The highest BCUT2D eigenvalue weighted by Gasteiger charge is 2.43. The van der Waals surface area contributed by atoms with Gasteiger partial charge in [-0.05, 0) is 22.9 Å². The van der Waals surface area contributed by atoms with Crippen molar-refractivity contribution >= 4 is 10.8 Å². The normalized spacial score (nSPS) is 36.4. The predicted molar refractivity (Wildman–Crippen MR) is 125 cm³/mol. The maximum absolute atomic E-state index is 10.2. The Bertz CT molecular complexity index is 1100. The van der Waals surface area contributed by atoms with Gasteiger partial charge in [-0.15, -0.1) is 0 Å². The van der Waals surface area contributed by atoms with Gasteiger partial charge in [0.15, 0.2) is 0 Å². The summed E-state index contributed by atoms with van der Waals surface area (Å²) in [4.78, 5) is 0. The summed E-state index contributed by atoms with van der Waals surface area (Å²) in [6, 6.07) is 10.6. The molecule has 0 unspecified atom stereocenters. The van der Waals surface area contributed by atoms with Crippen molar-refractivity contribution < 1.29 is 50.3 Å². The van der Waals surface area contributed by atoms with E-state index in [1.807, 2.05) is 12.1 Å². The minimum Gasteiger partial charge on any atom is -0.394 e. The fourth-order valence-corrected chi connectivity index (χ4v) is 4.26. The maximum atomic E-state index is 10.2. The summed E-state index contributed by atoms with van der Waals surface area (Å²) in [5.74, 6) is 11.4. The summed E-state index contributed by atoms with van der Waals surface area (Å²) in [6.07, 6.45) is -13.3. The molecule has 0 amide bonds. The molecule has 0 saturated carbocycles. The zero-order chi connectivity index (χ0) is 26.0. The predicted octanol–water partition coefficient (Wildman–Crippen LogP) is -2.77. The standard InChI is InChI=1S/C26H28O10/c27-11-19-23(31)25(33)21(29)17(35-19)9-7-13-5-6-14(16-4-2-1-3-15(13)16)8-10-18-22(30)26(34)24(32)20(12-28)36-18/h1-6,17-34H,11-12H2/t17-,18-,19-,20-,21-,22-,23-,24-,25-,26-/m1/s1. The van der Waals surface area contributed by atoms with Crippen LogP contribution in [0.4, 0.5) is 0 Å². The molecule has 10 atom stereocenters. The second kappa shape index (κ2) is 11.2. The second-order valence-electron chi connectivity index (χ2n) is 8.74. The lowest BCUT2D eigenvalue weighted by atomic mass is 9.94. The van der Waals surface area contributed by atoms with Crippen molar-refractivity contribution in [2.75, 3.05) is 13.2 Å². The van der Waals surface area contributed by atoms with Crippen LogP contribution in [0.1, 0.15) is 11.1 Å². The summed E-state index contributed by atoms with van der Waals surface area (Å²) in [5, 5.41) is 80.4. The molecule has 2 aliphatic heterocycles. The molecule has 2 aliphatic rings. The van der Waals surface area contributed by atoms with Crippen LogP contribution >= 0.6 is 0 Å². The third-order valence-electron chi connectivity index (χ3n) is 6.41. The number of aliphatic hydroxyl groups is 8. The Morgan fingerprint density at radius 2 is 0.944 bits per heavy atom. The first-order valence-corrected chi connectivity index (χ1v) is 11.4. The number of ether oxygens (including phenoxy) is 2. The molecule has 10 heteroatoms. The first kappa shape index (κ1) is 26.5. The molecule has 192 valence electrons. The first-order valence-electron chi connectivity index (χ1n) is 11.4. The molecule has 36 heavy (non-hydrogen) atoms. The molecule has 10 nitrogen and oxygen atoms in total. The van der Waals surface area contributed by atoms with Crippen LogP contribution in [-0.4, -0.2) is 115 Å². The van der Waals surface area contributed by atoms with E-state index in [0.29, 0.717) is 11.1 Å². The van der Waals surface area contributed by atoms with Crippen molar-refractivity contribution in [3.63, 3.8) is 0 Å². The van der Waals surface area contributed by atoms with E-state index in [1.165, 1.54) is 0 Å². The molecule has 4 rings (SSSR count). The van der Waals surface area contributed by atoms with Crippen molar-refractivity contribution in [1.82, 2.24) is 0 Å². The zero-order valence-corrected chi connectivity index (χ0v) is 19.0. The van der Waals surface area contributed by atoms with Crippen molar-refractivity contribution in [1.29, 1.82) is 0 Å². The van der Waals surface area contributed by atoms with Gasteiger partial charge in [0, 0.05) is 11.1 Å². The Hall–Kier alpha value is -2.58. The SMILES string of the molecule is OC[C@H]1O[C@H](C#Cc2ccc(C#C[C@H]3O[C@H](CO)[C@@H](O)[C@H](O)[C@@H]3O)c3ccccc23)[C@@H](O)[C@@H](O)[C@@H]1O. The number of hydrogen-bond acceptors (Lipinski definition) is 10. The number of benzene rings is 2. The number of aliphatic hydroxyl groups excluding tert-OH is 8. The molecule has 2 fully saturated rings. The minimum absolute atomic E-state index is 0.548. The van der Waals surface area contributed by atoms with Gasteiger partial charge in [0.2, 0.25) is 0 Å². The van der Waals surface area contributed by atoms with Crippen LogP contribution in [0.25, 0.3) is 10.8 Å². The van der Waals surface area contributed by atoms with Gasteiger partial charge < -0.3 is 50.3 Å². The van der Waals surface area contributed by atoms with Gasteiger partial charge in [-0.25, -0.2) is 0 Å². The van der Waals surface area contributed by atoms with Crippen LogP contribution in [-0.2, 0) is 9.47 Å². The highest BCUT2D eigenvalue weighted by atomic mass is 16.5. The topological polar surface area (TPSA) is 180 Å². The highest BCUT2D eigenvalue weighted by molar-refractivity contribution is 5.92. The van der Waals surface area contributed by atoms with Gasteiger partial charge in [0.05, 0.1) is 13.2 Å². The van der Waals surface area contributed by atoms with Crippen LogP contribution in [0.2, 0.25) is 0 Å². The molecule has 2 heterocycles. The third kappa shape index (κ3) is 5.11. The molecule has 0 bridgehead atoms. The van der Waals surface area contributed by atoms with Crippen LogP contribution in [0.3, 0.4) is 0 Å². The van der Waals surface area contributed by atoms with Gasteiger partial charge >= 0.3 is 0 Å². The van der Waals surface area contributed by atoms with Crippen molar-refractivity contribution in [3.8, 4) is 23.7 Å². The third-order valence-corrected chi connectivity index (χ3v) is 6.41. The molecule has 0 radical (unpaired) electrons. The van der Waals surface area contributed by atoms with Crippen molar-refractivity contribution in [2.45, 2.75) is 61.0 Å². The van der Waals surface area contributed by atoms with E-state index in [9.17, 15) is 40.9 Å². The number of rotatable bonds is 2. The second-order valence-corrected chi connectivity index (χ2v) is 8.74. The van der Waals surface area contributed by atoms with Crippen LogP contribution in [0.15, 0.2) is 36.4 Å². The Kier molecular flexibility index (Phi) is 8.25. The summed E-state index contributed by atoms with van der Waals surface area (Å²) in [5.41, 5.74) is 1.14. The monoisotopic (exact) mass is 500 g/mol. The Labute approximate surface area is 207 Å². The fourth-order valence-electron chi connectivity index (χ4n) is 4.26. The van der Waals surface area contributed by atoms with E-state index in [0.717, 1.165) is 10.8 Å². The number of hydrogen-bond donors (Lipinski definition) is 8. The van der Waals surface area contributed by atoms with Crippen molar-refractivity contribution in [2.24, 2.45) is 0 Å².